The zero-order valence-corrected chi connectivity index (χ0v) is 14.7. The van der Waals surface area contributed by atoms with Crippen molar-refractivity contribution < 1.29 is 0 Å². The van der Waals surface area contributed by atoms with Crippen LogP contribution >= 0.6 is 11.6 Å². The lowest BCUT2D eigenvalue weighted by molar-refractivity contribution is 0.501. The average molecular weight is 310 g/mol. The number of hydrogen-bond acceptors (Lipinski definition) is 3. The Morgan fingerprint density at radius 1 is 1.19 bits per heavy atom. The zero-order valence-electron chi connectivity index (χ0n) is 14.0. The predicted molar refractivity (Wildman–Crippen MR) is 90.3 cm³/mol. The van der Waals surface area contributed by atoms with Gasteiger partial charge in [-0.2, -0.15) is 0 Å². The fourth-order valence-corrected chi connectivity index (χ4v) is 3.00. The number of halogens is 1. The summed E-state index contributed by atoms with van der Waals surface area (Å²) in [4.78, 5) is 11.8. The Balaban J connectivity index is 2.41. The van der Waals surface area contributed by atoms with Crippen molar-refractivity contribution in [3.63, 3.8) is 0 Å². The number of nitrogens with zero attached hydrogens (tertiary/aromatic N) is 3. The minimum atomic E-state index is 0.518. The Morgan fingerprint density at radius 2 is 1.81 bits per heavy atom. The summed E-state index contributed by atoms with van der Waals surface area (Å²) in [7, 11) is 0. The molecule has 0 atom stereocenters. The van der Waals surface area contributed by atoms with E-state index in [4.69, 9.17) is 16.6 Å². The van der Waals surface area contributed by atoms with Crippen molar-refractivity contribution in [3.05, 3.63) is 16.5 Å². The smallest absolute Gasteiger partial charge is 0.137 e. The van der Waals surface area contributed by atoms with Gasteiger partial charge >= 0.3 is 0 Å². The topological polar surface area (TPSA) is 29.0 Å². The first-order valence-electron chi connectivity index (χ1n) is 8.28. The minimum absolute atomic E-state index is 0.518. The van der Waals surface area contributed by atoms with Gasteiger partial charge in [0.15, 0.2) is 0 Å². The third-order valence-electron chi connectivity index (χ3n) is 4.24. The first-order valence-corrected chi connectivity index (χ1v) is 8.66. The third-order valence-corrected chi connectivity index (χ3v) is 4.61. The van der Waals surface area contributed by atoms with Crippen molar-refractivity contribution in [2.24, 2.45) is 5.92 Å². The van der Waals surface area contributed by atoms with Gasteiger partial charge < -0.3 is 4.90 Å². The van der Waals surface area contributed by atoms with Gasteiger partial charge in [-0.15, -0.1) is 0 Å². The minimum Gasteiger partial charge on any atom is -0.353 e. The Hall–Kier alpha value is -0.830. The fraction of sp³-hybridized carbons (Fsp3) is 0.765. The van der Waals surface area contributed by atoms with Crippen molar-refractivity contribution >= 4 is 17.4 Å². The Kier molecular flexibility index (Phi) is 5.48. The summed E-state index contributed by atoms with van der Waals surface area (Å²) in [5, 5.41) is 0.626. The highest BCUT2D eigenvalue weighted by Crippen LogP contribution is 2.40. The maximum absolute atomic E-state index is 6.38. The van der Waals surface area contributed by atoms with E-state index in [1.54, 1.807) is 0 Å². The molecule has 0 bridgehead atoms. The van der Waals surface area contributed by atoms with Crippen LogP contribution in [0.2, 0.25) is 5.15 Å². The van der Waals surface area contributed by atoms with E-state index in [9.17, 15) is 0 Å². The zero-order chi connectivity index (χ0) is 15.6. The van der Waals surface area contributed by atoms with E-state index in [1.165, 1.54) is 12.8 Å². The lowest BCUT2D eigenvalue weighted by Crippen LogP contribution is -2.38. The molecule has 0 N–H and O–H groups in total. The molecule has 0 aromatic carbocycles. The summed E-state index contributed by atoms with van der Waals surface area (Å²) < 4.78 is 0. The van der Waals surface area contributed by atoms with Crippen LogP contribution in [0.25, 0.3) is 0 Å². The van der Waals surface area contributed by atoms with Crippen LogP contribution < -0.4 is 4.90 Å². The van der Waals surface area contributed by atoms with E-state index >= 15 is 0 Å². The molecule has 1 aromatic rings. The van der Waals surface area contributed by atoms with Gasteiger partial charge in [0.05, 0.1) is 0 Å². The lowest BCUT2D eigenvalue weighted by Gasteiger charge is -2.34. The van der Waals surface area contributed by atoms with Crippen LogP contribution in [0, 0.1) is 12.8 Å². The maximum atomic E-state index is 6.38. The van der Waals surface area contributed by atoms with Gasteiger partial charge in [0.25, 0.3) is 0 Å². The van der Waals surface area contributed by atoms with Crippen molar-refractivity contribution in [3.8, 4) is 0 Å². The summed E-state index contributed by atoms with van der Waals surface area (Å²) in [5.41, 5.74) is 1.02. The van der Waals surface area contributed by atoms with Gasteiger partial charge in [0.2, 0.25) is 0 Å². The maximum Gasteiger partial charge on any atom is 0.137 e. The summed E-state index contributed by atoms with van der Waals surface area (Å²) >= 11 is 6.38. The summed E-state index contributed by atoms with van der Waals surface area (Å²) in [5.74, 6) is 3.13. The Bertz CT molecular complexity index is 479. The predicted octanol–water partition coefficient (Wildman–Crippen LogP) is 4.97. The van der Waals surface area contributed by atoms with Crippen molar-refractivity contribution in [1.82, 2.24) is 9.97 Å². The molecule has 118 valence electrons. The Morgan fingerprint density at radius 3 is 2.29 bits per heavy atom. The highest BCUT2D eigenvalue weighted by molar-refractivity contribution is 6.30. The van der Waals surface area contributed by atoms with E-state index in [1.807, 2.05) is 6.92 Å². The number of rotatable bonds is 7. The molecule has 1 fully saturated rings. The van der Waals surface area contributed by atoms with Gasteiger partial charge in [-0.3, -0.25) is 0 Å². The van der Waals surface area contributed by atoms with Gasteiger partial charge in [0, 0.05) is 24.1 Å². The molecule has 1 saturated carbocycles. The molecule has 1 heterocycles. The summed E-state index contributed by atoms with van der Waals surface area (Å²) in [6, 6.07) is 0.518. The molecular weight excluding hydrogens is 282 g/mol. The Labute approximate surface area is 134 Å². The molecule has 0 spiro atoms. The normalized spacial score (nSPS) is 15.0. The number of aromatic nitrogens is 2. The van der Waals surface area contributed by atoms with Gasteiger partial charge in [-0.1, -0.05) is 39.3 Å². The van der Waals surface area contributed by atoms with Crippen molar-refractivity contribution in [2.75, 3.05) is 11.4 Å². The first kappa shape index (κ1) is 16.5. The van der Waals surface area contributed by atoms with E-state index in [2.05, 4.69) is 37.6 Å². The molecule has 3 nitrogen and oxygen atoms in total. The molecule has 0 amide bonds. The highest BCUT2D eigenvalue weighted by atomic mass is 35.5. The average Bonchev–Trinajstić information content (AvgIpc) is 3.26. The lowest BCUT2D eigenvalue weighted by atomic mass is 10.1. The first-order chi connectivity index (χ1) is 9.97. The summed E-state index contributed by atoms with van der Waals surface area (Å²) in [6.07, 6.45) is 4.66. The van der Waals surface area contributed by atoms with Crippen LogP contribution in [0.3, 0.4) is 0 Å². The SMILES string of the molecule is CCC(CC)N(CC(C)C)c1nc(C2CC2)nc(Cl)c1C. The largest absolute Gasteiger partial charge is 0.353 e. The quantitative estimate of drug-likeness (QED) is 0.666. The van der Waals surface area contributed by atoms with Crippen molar-refractivity contribution in [2.45, 2.75) is 72.3 Å². The van der Waals surface area contributed by atoms with Crippen LogP contribution in [0.5, 0.6) is 0 Å². The van der Waals surface area contributed by atoms with Crippen LogP contribution in [-0.2, 0) is 0 Å². The molecular formula is C17H28ClN3. The molecule has 1 aromatic heterocycles. The number of hydrogen-bond donors (Lipinski definition) is 0. The molecule has 21 heavy (non-hydrogen) atoms. The van der Waals surface area contributed by atoms with Crippen LogP contribution in [-0.4, -0.2) is 22.6 Å². The van der Waals surface area contributed by atoms with Crippen LogP contribution in [0.4, 0.5) is 5.82 Å². The van der Waals surface area contributed by atoms with Crippen LogP contribution in [0.15, 0.2) is 0 Å². The van der Waals surface area contributed by atoms with Gasteiger partial charge in [-0.25, -0.2) is 9.97 Å². The van der Waals surface area contributed by atoms with E-state index < -0.39 is 0 Å². The van der Waals surface area contributed by atoms with E-state index in [0.717, 1.165) is 36.6 Å². The second-order valence-corrected chi connectivity index (χ2v) is 6.97. The highest BCUT2D eigenvalue weighted by Gasteiger charge is 2.30. The molecule has 0 radical (unpaired) electrons. The van der Waals surface area contributed by atoms with Gasteiger partial charge in [0.1, 0.15) is 16.8 Å². The third kappa shape index (κ3) is 3.88. The van der Waals surface area contributed by atoms with E-state index in [0.29, 0.717) is 23.0 Å². The molecule has 0 saturated heterocycles. The molecule has 4 heteroatoms. The summed E-state index contributed by atoms with van der Waals surface area (Å²) in [6.45, 7) is 12.1. The molecule has 0 unspecified atom stereocenters. The number of anilines is 1. The van der Waals surface area contributed by atoms with Crippen LogP contribution in [0.1, 0.15) is 70.7 Å². The molecule has 2 rings (SSSR count). The van der Waals surface area contributed by atoms with Gasteiger partial charge in [-0.05, 0) is 38.5 Å². The monoisotopic (exact) mass is 309 g/mol. The second kappa shape index (κ2) is 6.95. The standard InChI is InChI=1S/C17H28ClN3/c1-6-14(7-2)21(10-11(3)4)17-12(5)15(18)19-16(20-17)13-8-9-13/h11,13-14H,6-10H2,1-5H3. The van der Waals surface area contributed by atoms with E-state index in [-0.39, 0.29) is 0 Å². The second-order valence-electron chi connectivity index (χ2n) is 6.61. The fourth-order valence-electron chi connectivity index (χ4n) is 2.83. The molecule has 1 aliphatic rings. The molecule has 1 aliphatic carbocycles. The molecule has 0 aliphatic heterocycles. The van der Waals surface area contributed by atoms with Crippen molar-refractivity contribution in [1.29, 1.82) is 0 Å².